The Morgan fingerprint density at radius 2 is 1.54 bits per heavy atom. The van der Waals surface area contributed by atoms with Crippen LogP contribution in [0.1, 0.15) is 46.0 Å². The van der Waals surface area contributed by atoms with Crippen LogP contribution in [0.2, 0.25) is 18.6 Å². The van der Waals surface area contributed by atoms with Crippen molar-refractivity contribution in [3.8, 4) is 0 Å². The van der Waals surface area contributed by atoms with E-state index in [9.17, 15) is 0 Å². The summed E-state index contributed by atoms with van der Waals surface area (Å²) in [7, 11) is 0.859. The van der Waals surface area contributed by atoms with Crippen LogP contribution in [0.15, 0.2) is 24.3 Å². The average molecular weight is 342 g/mol. The minimum absolute atomic E-state index is 0. The molecule has 0 aromatic heterocycles. The molecule has 132 valence electrons. The van der Waals surface area contributed by atoms with Gasteiger partial charge in [0.15, 0.2) is 0 Å². The monoisotopic (exact) mass is 341 g/mol. The maximum atomic E-state index is 3.70. The molecule has 2 nitrogen and oxygen atoms in total. The first kappa shape index (κ1) is 22.3. The third-order valence-corrected chi connectivity index (χ3v) is 9.82. The number of hydrogen-bond donors (Lipinski definition) is 1. The predicted molar refractivity (Wildman–Crippen MR) is 105 cm³/mol. The Hall–Kier alpha value is 0.214. The molecule has 0 bridgehead atoms. The van der Waals surface area contributed by atoms with Gasteiger partial charge in [-0.1, -0.05) is 64.1 Å². The van der Waals surface area contributed by atoms with Gasteiger partial charge in [-0.2, -0.15) is 0 Å². The van der Waals surface area contributed by atoms with Gasteiger partial charge in [0, 0.05) is 6.04 Å². The Morgan fingerprint density at radius 3 is 2.08 bits per heavy atom. The summed E-state index contributed by atoms with van der Waals surface area (Å²) in [6.07, 6.45) is 16.5. The molecule has 4 unspecified atom stereocenters. The van der Waals surface area contributed by atoms with Crippen molar-refractivity contribution in [2.24, 2.45) is 11.8 Å². The fraction of sp³-hybridized carbons (Fsp3) is 0.800. The molecule has 0 aromatic rings. The standard InChI is InChI=1S/C17H30N2Si.C3H8.Li/c1-18-20(2,3)17-13-16(19-11-7-4-8-12-19)14-9-5-6-10-15(14)17;1-3-2;/h5-6,9-10,14-18H,4,7-8,11-13H2,1-3H3;3H2,1-2H3;/q;;+1. The van der Waals surface area contributed by atoms with E-state index in [-0.39, 0.29) is 18.9 Å². The van der Waals surface area contributed by atoms with E-state index < -0.39 is 8.24 Å². The molecule has 0 spiro atoms. The number of hydrogen-bond acceptors (Lipinski definition) is 2. The maximum absolute atomic E-state index is 3.70. The van der Waals surface area contributed by atoms with Crippen molar-refractivity contribution in [2.75, 3.05) is 20.1 Å². The number of likely N-dealkylation sites (tertiary alicyclic amines) is 1. The quantitative estimate of drug-likeness (QED) is 0.788. The minimum atomic E-state index is -1.32. The van der Waals surface area contributed by atoms with Gasteiger partial charge in [0.2, 0.25) is 0 Å². The molecular formula is C20H38LiN2Si+. The Labute approximate surface area is 163 Å². The first-order valence-electron chi connectivity index (χ1n) is 9.83. The number of nitrogens with one attached hydrogen (secondary N) is 1. The summed E-state index contributed by atoms with van der Waals surface area (Å²) in [6, 6.07) is 0.798. The van der Waals surface area contributed by atoms with E-state index >= 15 is 0 Å². The van der Waals surface area contributed by atoms with Gasteiger partial charge in [-0.25, -0.2) is 0 Å². The second-order valence-electron chi connectivity index (χ2n) is 8.11. The molecule has 2 aliphatic carbocycles. The molecule has 1 saturated heterocycles. The summed E-state index contributed by atoms with van der Waals surface area (Å²) in [4.78, 5) is 6.51. The molecule has 24 heavy (non-hydrogen) atoms. The summed E-state index contributed by atoms with van der Waals surface area (Å²) in [6.45, 7) is 11.9. The number of rotatable bonds is 3. The van der Waals surface area contributed by atoms with E-state index in [1.807, 2.05) is 0 Å². The first-order chi connectivity index (χ1) is 11.0. The number of fused-ring (bicyclic) bond motifs is 1. The molecule has 1 N–H and O–H groups in total. The zero-order valence-electron chi connectivity index (χ0n) is 17.0. The Bertz CT molecular complexity index is 416. The van der Waals surface area contributed by atoms with E-state index in [2.05, 4.69) is 68.2 Å². The number of allylic oxidation sites excluding steroid dienone is 3. The molecule has 4 heteroatoms. The molecule has 1 heterocycles. The summed E-state index contributed by atoms with van der Waals surface area (Å²) in [5, 5.41) is 0. The van der Waals surface area contributed by atoms with E-state index in [1.54, 1.807) is 0 Å². The normalized spacial score (nSPS) is 32.5. The van der Waals surface area contributed by atoms with Crippen LogP contribution in [0.4, 0.5) is 0 Å². The van der Waals surface area contributed by atoms with Gasteiger partial charge < -0.3 is 4.98 Å². The fourth-order valence-electron chi connectivity index (χ4n) is 4.61. The summed E-state index contributed by atoms with van der Waals surface area (Å²) in [5.41, 5.74) is 0.880. The van der Waals surface area contributed by atoms with Gasteiger partial charge in [0.25, 0.3) is 0 Å². The first-order valence-corrected chi connectivity index (χ1v) is 12.9. The van der Waals surface area contributed by atoms with Crippen molar-refractivity contribution in [1.29, 1.82) is 0 Å². The molecule has 3 aliphatic rings. The summed E-state index contributed by atoms with van der Waals surface area (Å²) < 4.78 is 0. The number of nitrogens with zero attached hydrogens (tertiary/aromatic N) is 1. The van der Waals surface area contributed by atoms with Crippen molar-refractivity contribution < 1.29 is 18.9 Å². The second-order valence-corrected chi connectivity index (χ2v) is 12.8. The van der Waals surface area contributed by atoms with Crippen molar-refractivity contribution >= 4 is 8.24 Å². The topological polar surface area (TPSA) is 15.3 Å². The Morgan fingerprint density at radius 1 is 1.00 bits per heavy atom. The smallest absolute Gasteiger partial charge is 0.340 e. The molecule has 0 radical (unpaired) electrons. The third-order valence-electron chi connectivity index (χ3n) is 6.06. The Balaban J connectivity index is 0.000000671. The van der Waals surface area contributed by atoms with E-state index in [4.69, 9.17) is 0 Å². The van der Waals surface area contributed by atoms with Gasteiger partial charge in [-0.3, -0.25) is 4.90 Å². The summed E-state index contributed by atoms with van der Waals surface area (Å²) >= 11 is 0. The van der Waals surface area contributed by atoms with Crippen molar-refractivity contribution in [3.63, 3.8) is 0 Å². The van der Waals surface area contributed by atoms with Crippen molar-refractivity contribution in [1.82, 2.24) is 9.88 Å². The van der Waals surface area contributed by atoms with Crippen LogP contribution in [0.5, 0.6) is 0 Å². The predicted octanol–water partition coefficient (Wildman–Crippen LogP) is 1.82. The van der Waals surface area contributed by atoms with E-state index in [0.29, 0.717) is 0 Å². The van der Waals surface area contributed by atoms with Crippen LogP contribution in [-0.4, -0.2) is 39.3 Å². The van der Waals surface area contributed by atoms with Crippen molar-refractivity contribution in [2.45, 2.75) is 70.6 Å². The minimum Gasteiger partial charge on any atom is -0.340 e. The van der Waals surface area contributed by atoms with Crippen LogP contribution in [0, 0.1) is 11.8 Å². The third kappa shape index (κ3) is 5.11. The maximum Gasteiger partial charge on any atom is 1.00 e. The van der Waals surface area contributed by atoms with Gasteiger partial charge in [0.1, 0.15) is 8.24 Å². The molecule has 1 saturated carbocycles. The molecule has 1 aliphatic heterocycles. The number of piperidine rings is 1. The van der Waals surface area contributed by atoms with Crippen LogP contribution in [0.3, 0.4) is 0 Å². The van der Waals surface area contributed by atoms with Gasteiger partial charge in [-0.05, 0) is 56.8 Å². The SMILES string of the molecule is CCC.CN[Si](C)(C)C1CC(N2CCCCC2)C2C=CC=CC21.[Li+]. The molecule has 2 fully saturated rings. The molecule has 0 amide bonds. The van der Waals surface area contributed by atoms with Gasteiger partial charge in [0.05, 0.1) is 0 Å². The van der Waals surface area contributed by atoms with Crippen LogP contribution < -0.4 is 23.8 Å². The van der Waals surface area contributed by atoms with Crippen LogP contribution in [-0.2, 0) is 0 Å². The van der Waals surface area contributed by atoms with Gasteiger partial charge in [-0.15, -0.1) is 0 Å². The zero-order valence-corrected chi connectivity index (χ0v) is 18.0. The van der Waals surface area contributed by atoms with Crippen LogP contribution in [0.25, 0.3) is 0 Å². The summed E-state index contributed by atoms with van der Waals surface area (Å²) in [5.74, 6) is 1.55. The Kier molecular flexibility index (Phi) is 9.63. The molecular weight excluding hydrogens is 303 g/mol. The van der Waals surface area contributed by atoms with E-state index in [1.165, 1.54) is 45.2 Å². The van der Waals surface area contributed by atoms with Gasteiger partial charge >= 0.3 is 18.9 Å². The van der Waals surface area contributed by atoms with Crippen LogP contribution >= 0.6 is 0 Å². The second kappa shape index (κ2) is 10.4. The average Bonchev–Trinajstić information content (AvgIpc) is 2.97. The molecule has 3 rings (SSSR count). The fourth-order valence-corrected chi connectivity index (χ4v) is 7.10. The van der Waals surface area contributed by atoms with Crippen molar-refractivity contribution in [3.05, 3.63) is 24.3 Å². The molecule has 0 aromatic carbocycles. The molecule has 4 atom stereocenters. The largest absolute Gasteiger partial charge is 1.00 e. The van der Waals surface area contributed by atoms with E-state index in [0.717, 1.165) is 23.4 Å². The zero-order chi connectivity index (χ0) is 16.9.